The Hall–Kier alpha value is -5.39. The second-order valence-corrected chi connectivity index (χ2v) is 16.9. The number of nitrogens with one attached hydrogen (secondary N) is 1. The van der Waals surface area contributed by atoms with Crippen molar-refractivity contribution >= 4 is 85.0 Å². The van der Waals surface area contributed by atoms with Gasteiger partial charge in [0.1, 0.15) is 21.2 Å². The summed E-state index contributed by atoms with van der Waals surface area (Å²) in [4.78, 5) is 10.4. The molecule has 0 fully saturated rings. The monoisotopic (exact) mass is 778 g/mol. The first kappa shape index (κ1) is 38.4. The highest BCUT2D eigenvalue weighted by Crippen LogP contribution is 2.48. The molecule has 0 saturated heterocycles. The van der Waals surface area contributed by atoms with E-state index in [9.17, 15) is 52.7 Å². The van der Waals surface area contributed by atoms with Crippen molar-refractivity contribution in [3.8, 4) is 5.75 Å². The summed E-state index contributed by atoms with van der Waals surface area (Å²) in [6, 6.07) is 11.4. The van der Waals surface area contributed by atoms with E-state index in [0.717, 1.165) is 22.9 Å². The largest absolute Gasteiger partial charge is 0.505 e. The van der Waals surface area contributed by atoms with E-state index in [4.69, 9.17) is 5.73 Å². The van der Waals surface area contributed by atoms with Crippen LogP contribution in [0.1, 0.15) is 10.4 Å². The number of benzene rings is 4. The van der Waals surface area contributed by atoms with Crippen molar-refractivity contribution in [1.82, 2.24) is 5.32 Å². The molecule has 4 rings (SSSR count). The maximum atomic E-state index is 12.5. The second-order valence-electron chi connectivity index (χ2n) is 10.2. The molecule has 18 nitrogen and oxygen atoms in total. The maximum absolute atomic E-state index is 12.5. The number of nitrogen functional groups attached to an aromatic ring is 1. The quantitative estimate of drug-likeness (QED) is 0.0702. The Balaban J connectivity index is 1.83. The van der Waals surface area contributed by atoms with Gasteiger partial charge in [0.2, 0.25) is 0 Å². The molecule has 0 aromatic heterocycles. The third kappa shape index (κ3) is 8.86. The Morgan fingerprint density at radius 2 is 1.33 bits per heavy atom. The molecule has 1 amide bonds. The van der Waals surface area contributed by atoms with Crippen LogP contribution in [0.4, 0.5) is 28.4 Å². The highest BCUT2D eigenvalue weighted by molar-refractivity contribution is 7.94. The van der Waals surface area contributed by atoms with Gasteiger partial charge in [0.05, 0.1) is 33.1 Å². The van der Waals surface area contributed by atoms with E-state index in [1.165, 1.54) is 36.4 Å². The van der Waals surface area contributed by atoms with Crippen LogP contribution in [0.25, 0.3) is 10.8 Å². The van der Waals surface area contributed by atoms with Crippen LogP contribution >= 0.6 is 0 Å². The topological polar surface area (TPSA) is 302 Å². The van der Waals surface area contributed by atoms with E-state index in [1.807, 2.05) is 0 Å². The first-order valence-corrected chi connectivity index (χ1v) is 19.9. The van der Waals surface area contributed by atoms with Crippen LogP contribution in [0.2, 0.25) is 0 Å². The van der Waals surface area contributed by atoms with E-state index < -0.39 is 94.9 Å². The van der Waals surface area contributed by atoms with Crippen molar-refractivity contribution in [1.29, 1.82) is 0 Å². The van der Waals surface area contributed by atoms with Crippen LogP contribution in [-0.4, -0.2) is 66.1 Å². The molecular weight excluding hydrogens is 753 g/mol. The van der Waals surface area contributed by atoms with Gasteiger partial charge < -0.3 is 16.2 Å². The van der Waals surface area contributed by atoms with Crippen molar-refractivity contribution in [2.75, 3.05) is 18.0 Å². The number of phenols is 1. The average molecular weight is 779 g/mol. The molecule has 0 aliphatic rings. The second kappa shape index (κ2) is 14.5. The van der Waals surface area contributed by atoms with E-state index in [1.54, 1.807) is 0 Å². The standard InChI is InChI=1S/C29H26N6O12S4/c1-3-48(38,39)13-12-31-29(37)17-6-5-7-20(14-17)33-35-27-23(51(45,46)47)16-18-15-22(50(42,43)44)26(25(30)24(18)28(27)36)34-32-19-8-10-21(11-9-19)49(40,41)4-2/h3-11,14-16,36H,1-2,12-13,30H2,(H,31,37)(H,42,43,44)(H,45,46,47)/b34-32+,35-33+. The number of anilines is 1. The van der Waals surface area contributed by atoms with Crippen LogP contribution in [-0.2, 0) is 39.9 Å². The van der Waals surface area contributed by atoms with Gasteiger partial charge in [-0.1, -0.05) is 19.2 Å². The number of sulfone groups is 2. The number of azo groups is 2. The fourth-order valence-electron chi connectivity index (χ4n) is 4.32. The highest BCUT2D eigenvalue weighted by atomic mass is 32.2. The lowest BCUT2D eigenvalue weighted by Crippen LogP contribution is -2.28. The van der Waals surface area contributed by atoms with Crippen molar-refractivity contribution in [2.24, 2.45) is 20.5 Å². The lowest BCUT2D eigenvalue weighted by Gasteiger charge is -2.14. The summed E-state index contributed by atoms with van der Waals surface area (Å²) < 4.78 is 116. The number of amides is 1. The lowest BCUT2D eigenvalue weighted by molar-refractivity contribution is 0.0956. The molecule has 0 atom stereocenters. The summed E-state index contributed by atoms with van der Waals surface area (Å²) in [5.41, 5.74) is 3.87. The number of carbonyl (C=O) groups excluding carboxylic acids is 1. The average Bonchev–Trinajstić information content (AvgIpc) is 3.06. The molecule has 0 spiro atoms. The summed E-state index contributed by atoms with van der Waals surface area (Å²) in [6.07, 6.45) is 0. The minimum atomic E-state index is -5.21. The van der Waals surface area contributed by atoms with Crippen LogP contribution in [0, 0.1) is 0 Å². The summed E-state index contributed by atoms with van der Waals surface area (Å²) in [5.74, 6) is -2.13. The van der Waals surface area contributed by atoms with Crippen molar-refractivity contribution < 1.29 is 52.7 Å². The Labute approximate surface area is 291 Å². The Morgan fingerprint density at radius 1 is 0.765 bits per heavy atom. The van der Waals surface area contributed by atoms with Crippen LogP contribution in [0.5, 0.6) is 5.75 Å². The molecule has 0 aliphatic heterocycles. The van der Waals surface area contributed by atoms with Gasteiger partial charge in [0.15, 0.2) is 25.4 Å². The number of carbonyl (C=O) groups is 1. The van der Waals surface area contributed by atoms with Gasteiger partial charge in [-0.15, -0.1) is 10.2 Å². The van der Waals surface area contributed by atoms with Gasteiger partial charge in [-0.2, -0.15) is 27.1 Å². The normalized spacial score (nSPS) is 12.7. The Morgan fingerprint density at radius 3 is 1.90 bits per heavy atom. The predicted molar refractivity (Wildman–Crippen MR) is 185 cm³/mol. The number of nitrogens with zero attached hydrogens (tertiary/aromatic N) is 4. The summed E-state index contributed by atoms with van der Waals surface area (Å²) >= 11 is 0. The van der Waals surface area contributed by atoms with Crippen molar-refractivity contribution in [2.45, 2.75) is 14.7 Å². The molecule has 0 saturated carbocycles. The molecule has 0 bridgehead atoms. The molecule has 51 heavy (non-hydrogen) atoms. The summed E-state index contributed by atoms with van der Waals surface area (Å²) in [6.45, 7) is 6.16. The first-order valence-electron chi connectivity index (χ1n) is 13.8. The molecule has 0 radical (unpaired) electrons. The Bertz CT molecular complexity index is 2610. The summed E-state index contributed by atoms with van der Waals surface area (Å²) in [5, 5.41) is 29.5. The van der Waals surface area contributed by atoms with Gasteiger partial charge in [0, 0.05) is 22.9 Å². The molecule has 0 unspecified atom stereocenters. The minimum absolute atomic E-state index is 0.00283. The predicted octanol–water partition coefficient (Wildman–Crippen LogP) is 4.66. The molecule has 4 aromatic rings. The zero-order valence-corrected chi connectivity index (χ0v) is 29.0. The smallest absolute Gasteiger partial charge is 0.296 e. The Kier molecular flexibility index (Phi) is 10.9. The third-order valence-corrected chi connectivity index (χ3v) is 11.2. The van der Waals surface area contributed by atoms with Crippen LogP contribution < -0.4 is 11.1 Å². The fourth-order valence-corrected chi connectivity index (χ4v) is 6.91. The number of hydrogen-bond acceptors (Lipinski definition) is 15. The first-order chi connectivity index (χ1) is 23.7. The molecule has 0 heterocycles. The van der Waals surface area contributed by atoms with E-state index in [-0.39, 0.29) is 28.4 Å². The lowest BCUT2D eigenvalue weighted by atomic mass is 10.1. The summed E-state index contributed by atoms with van der Waals surface area (Å²) in [7, 11) is -17.7. The molecule has 0 aliphatic carbocycles. The molecule has 268 valence electrons. The van der Waals surface area contributed by atoms with Gasteiger partial charge >= 0.3 is 0 Å². The number of nitrogens with two attached hydrogens (primary N) is 1. The van der Waals surface area contributed by atoms with Crippen molar-refractivity contribution in [3.05, 3.63) is 90.2 Å². The van der Waals surface area contributed by atoms with Gasteiger partial charge in [-0.3, -0.25) is 13.9 Å². The number of hydrogen-bond donors (Lipinski definition) is 5. The highest BCUT2D eigenvalue weighted by Gasteiger charge is 2.28. The molecular formula is C29H26N6O12S4. The van der Waals surface area contributed by atoms with Crippen LogP contribution in [0.15, 0.2) is 120 Å². The minimum Gasteiger partial charge on any atom is -0.505 e. The number of fused-ring (bicyclic) bond motifs is 1. The van der Waals surface area contributed by atoms with E-state index in [0.29, 0.717) is 12.1 Å². The van der Waals surface area contributed by atoms with E-state index >= 15 is 0 Å². The maximum Gasteiger partial charge on any atom is 0.296 e. The van der Waals surface area contributed by atoms with Crippen molar-refractivity contribution in [3.63, 3.8) is 0 Å². The number of aromatic hydroxyl groups is 1. The van der Waals surface area contributed by atoms with Gasteiger partial charge in [0.25, 0.3) is 26.1 Å². The van der Waals surface area contributed by atoms with Crippen LogP contribution in [0.3, 0.4) is 0 Å². The zero-order chi connectivity index (χ0) is 37.9. The molecule has 6 N–H and O–H groups in total. The van der Waals surface area contributed by atoms with E-state index in [2.05, 4.69) is 38.9 Å². The number of phenolic OH excluding ortho intramolecular Hbond substituents is 1. The fraction of sp³-hybridized carbons (Fsp3) is 0.0690. The third-order valence-electron chi connectivity index (χ3n) is 6.82. The molecule has 22 heteroatoms. The number of rotatable bonds is 13. The van der Waals surface area contributed by atoms with Gasteiger partial charge in [-0.25, -0.2) is 16.8 Å². The zero-order valence-electron chi connectivity index (χ0n) is 25.8. The molecule has 4 aromatic carbocycles. The SMILES string of the molecule is C=CS(=O)(=O)CCNC(=O)c1cccc(/N=N/c2c(S(=O)(=O)O)cc3cc(S(=O)(=O)O)c(/N=N/c4ccc(S(=O)(=O)C=C)cc4)c(N)c3c2O)c1. The van der Waals surface area contributed by atoms with Gasteiger partial charge in [-0.05, 0) is 60.0 Å².